The van der Waals surface area contributed by atoms with Gasteiger partial charge in [-0.25, -0.2) is 0 Å². The van der Waals surface area contributed by atoms with E-state index < -0.39 is 0 Å². The van der Waals surface area contributed by atoms with Crippen LogP contribution in [0.3, 0.4) is 0 Å². The number of nitrogens with one attached hydrogen (secondary N) is 1. The van der Waals surface area contributed by atoms with Crippen molar-refractivity contribution in [3.8, 4) is 11.5 Å². The molecule has 0 unspecified atom stereocenters. The lowest BCUT2D eigenvalue weighted by atomic mass is 9.60. The van der Waals surface area contributed by atoms with Crippen LogP contribution in [0.15, 0.2) is 18.2 Å². The first-order chi connectivity index (χ1) is 9.63. The van der Waals surface area contributed by atoms with Crippen LogP contribution < -0.4 is 10.1 Å². The first kappa shape index (κ1) is 13.3. The number of anilines is 1. The molecular weight excluding hydrogens is 254 g/mol. The van der Waals surface area contributed by atoms with Crippen molar-refractivity contribution in [2.75, 3.05) is 12.4 Å². The Hall–Kier alpha value is -1.71. The normalized spacial score (nSPS) is 28.1. The van der Waals surface area contributed by atoms with Crippen molar-refractivity contribution in [3.63, 3.8) is 0 Å². The molecule has 2 bridgehead atoms. The zero-order valence-corrected chi connectivity index (χ0v) is 11.8. The van der Waals surface area contributed by atoms with Gasteiger partial charge in [-0.05, 0) is 56.6 Å². The van der Waals surface area contributed by atoms with Crippen molar-refractivity contribution in [1.82, 2.24) is 0 Å². The van der Waals surface area contributed by atoms with E-state index in [1.165, 1.54) is 25.3 Å². The maximum Gasteiger partial charge on any atom is 0.230 e. The summed E-state index contributed by atoms with van der Waals surface area (Å²) in [5.74, 6) is 1.53. The lowest BCUT2D eigenvalue weighted by Gasteiger charge is -2.45. The number of ether oxygens (including phenoxy) is 1. The van der Waals surface area contributed by atoms with Crippen LogP contribution in [0.4, 0.5) is 5.69 Å². The number of phenolic OH excluding ortho intramolecular Hbond substituents is 1. The van der Waals surface area contributed by atoms with Gasteiger partial charge in [0.1, 0.15) is 11.5 Å². The lowest BCUT2D eigenvalue weighted by molar-refractivity contribution is -0.131. The van der Waals surface area contributed by atoms with E-state index in [0.29, 0.717) is 11.4 Å². The number of amides is 1. The molecule has 3 aliphatic carbocycles. The topological polar surface area (TPSA) is 58.6 Å². The second kappa shape index (κ2) is 5.00. The molecular formula is C16H21NO3. The highest BCUT2D eigenvalue weighted by molar-refractivity contribution is 5.96. The molecule has 0 heterocycles. The second-order valence-corrected chi connectivity index (χ2v) is 6.10. The molecule has 3 aliphatic rings. The highest BCUT2D eigenvalue weighted by atomic mass is 16.5. The molecule has 0 saturated heterocycles. The van der Waals surface area contributed by atoms with Gasteiger partial charge in [0.25, 0.3) is 0 Å². The first-order valence-electron chi connectivity index (χ1n) is 7.31. The molecule has 4 heteroatoms. The number of hydrogen-bond acceptors (Lipinski definition) is 3. The largest absolute Gasteiger partial charge is 0.506 e. The number of rotatable bonds is 3. The third-order valence-electron chi connectivity index (χ3n) is 5.03. The molecule has 108 valence electrons. The third kappa shape index (κ3) is 2.23. The molecule has 0 aromatic heterocycles. The Morgan fingerprint density at radius 1 is 1.30 bits per heavy atom. The van der Waals surface area contributed by atoms with E-state index >= 15 is 0 Å². The molecule has 0 radical (unpaired) electrons. The van der Waals surface area contributed by atoms with Crippen LogP contribution in [-0.2, 0) is 4.79 Å². The lowest BCUT2D eigenvalue weighted by Crippen LogP contribution is -2.43. The average molecular weight is 275 g/mol. The predicted octanol–water partition coefficient (Wildman–Crippen LogP) is 3.31. The molecule has 3 saturated carbocycles. The number of aromatic hydroxyl groups is 1. The van der Waals surface area contributed by atoms with Gasteiger partial charge in [-0.1, -0.05) is 0 Å². The van der Waals surface area contributed by atoms with Crippen molar-refractivity contribution in [2.45, 2.75) is 38.5 Å². The molecule has 3 fully saturated rings. The highest BCUT2D eigenvalue weighted by Gasteiger charge is 2.45. The molecule has 4 nitrogen and oxygen atoms in total. The molecule has 1 amide bonds. The Balaban J connectivity index is 1.75. The summed E-state index contributed by atoms with van der Waals surface area (Å²) in [6, 6.07) is 4.95. The number of hydrogen-bond donors (Lipinski definition) is 2. The van der Waals surface area contributed by atoms with Crippen LogP contribution in [0.5, 0.6) is 11.5 Å². The minimum atomic E-state index is -0.207. The molecule has 0 aliphatic heterocycles. The predicted molar refractivity (Wildman–Crippen MR) is 76.9 cm³/mol. The van der Waals surface area contributed by atoms with E-state index in [0.717, 1.165) is 25.2 Å². The van der Waals surface area contributed by atoms with Crippen LogP contribution in [0, 0.1) is 11.3 Å². The second-order valence-electron chi connectivity index (χ2n) is 6.10. The Bertz CT molecular complexity index is 505. The number of fused-ring (bicyclic) bond motifs is 3. The monoisotopic (exact) mass is 275 g/mol. The Labute approximate surface area is 119 Å². The van der Waals surface area contributed by atoms with Crippen LogP contribution in [0.1, 0.15) is 38.5 Å². The van der Waals surface area contributed by atoms with E-state index in [2.05, 4.69) is 5.32 Å². The van der Waals surface area contributed by atoms with Gasteiger partial charge in [0.05, 0.1) is 12.8 Å². The van der Waals surface area contributed by atoms with E-state index in [1.54, 1.807) is 19.2 Å². The number of methoxy groups -OCH3 is 1. The third-order valence-corrected chi connectivity index (χ3v) is 5.03. The average Bonchev–Trinajstić information content (AvgIpc) is 2.51. The number of phenols is 1. The van der Waals surface area contributed by atoms with Gasteiger partial charge in [0, 0.05) is 11.5 Å². The standard InChI is InChI=1S/C16H21NO3/c1-20-12-2-3-13(14(18)10-12)17-15(19)16-7-4-11(5-8-16)6-9-16/h2-3,10-11,18H,4-9H2,1H3,(H,17,19). The van der Waals surface area contributed by atoms with E-state index in [1.807, 2.05) is 0 Å². The summed E-state index contributed by atoms with van der Waals surface area (Å²) in [4.78, 5) is 12.6. The minimum absolute atomic E-state index is 0.0543. The Kier molecular flexibility index (Phi) is 3.32. The molecule has 20 heavy (non-hydrogen) atoms. The summed E-state index contributed by atoms with van der Waals surface area (Å²) in [5, 5.41) is 12.8. The first-order valence-corrected chi connectivity index (χ1v) is 7.31. The van der Waals surface area contributed by atoms with E-state index in [4.69, 9.17) is 4.74 Å². The fraction of sp³-hybridized carbons (Fsp3) is 0.562. The van der Waals surface area contributed by atoms with Crippen molar-refractivity contribution < 1.29 is 14.6 Å². The Morgan fingerprint density at radius 2 is 1.95 bits per heavy atom. The van der Waals surface area contributed by atoms with E-state index in [-0.39, 0.29) is 17.1 Å². The highest BCUT2D eigenvalue weighted by Crippen LogP contribution is 2.50. The van der Waals surface area contributed by atoms with Crippen molar-refractivity contribution in [2.24, 2.45) is 11.3 Å². The van der Waals surface area contributed by atoms with Crippen molar-refractivity contribution in [1.29, 1.82) is 0 Å². The molecule has 2 N–H and O–H groups in total. The Morgan fingerprint density at radius 3 is 2.50 bits per heavy atom. The summed E-state index contributed by atoms with van der Waals surface area (Å²) in [5.41, 5.74) is 0.263. The maximum atomic E-state index is 12.6. The summed E-state index contributed by atoms with van der Waals surface area (Å²) >= 11 is 0. The fourth-order valence-corrected chi connectivity index (χ4v) is 3.59. The van der Waals surface area contributed by atoms with E-state index in [9.17, 15) is 9.90 Å². The van der Waals surface area contributed by atoms with Gasteiger partial charge in [0.2, 0.25) is 5.91 Å². The molecule has 0 spiro atoms. The number of benzene rings is 1. The fourth-order valence-electron chi connectivity index (χ4n) is 3.59. The number of carbonyl (C=O) groups excluding carboxylic acids is 1. The van der Waals surface area contributed by atoms with Crippen LogP contribution in [0.2, 0.25) is 0 Å². The molecule has 0 atom stereocenters. The minimum Gasteiger partial charge on any atom is -0.506 e. The zero-order chi connectivity index (χ0) is 14.2. The summed E-state index contributed by atoms with van der Waals surface area (Å²) in [7, 11) is 1.55. The van der Waals surface area contributed by atoms with Gasteiger partial charge in [-0.15, -0.1) is 0 Å². The van der Waals surface area contributed by atoms with Crippen LogP contribution in [0.25, 0.3) is 0 Å². The van der Waals surface area contributed by atoms with Crippen molar-refractivity contribution in [3.05, 3.63) is 18.2 Å². The zero-order valence-electron chi connectivity index (χ0n) is 11.8. The van der Waals surface area contributed by atoms with Gasteiger partial charge in [0.15, 0.2) is 0 Å². The SMILES string of the molecule is COc1ccc(NC(=O)C23CCC(CC2)CC3)c(O)c1. The quantitative estimate of drug-likeness (QED) is 0.832. The molecule has 1 aromatic carbocycles. The number of carbonyl (C=O) groups is 1. The summed E-state index contributed by atoms with van der Waals surface area (Å²) in [6.45, 7) is 0. The van der Waals surface area contributed by atoms with Crippen LogP contribution >= 0.6 is 0 Å². The summed E-state index contributed by atoms with van der Waals surface area (Å²) < 4.78 is 5.05. The summed E-state index contributed by atoms with van der Waals surface area (Å²) in [6.07, 6.45) is 6.47. The maximum absolute atomic E-state index is 12.6. The van der Waals surface area contributed by atoms with Crippen LogP contribution in [-0.4, -0.2) is 18.1 Å². The molecule has 4 rings (SSSR count). The van der Waals surface area contributed by atoms with Gasteiger partial charge in [-0.3, -0.25) is 4.79 Å². The molecule has 1 aromatic rings. The van der Waals surface area contributed by atoms with Crippen molar-refractivity contribution >= 4 is 11.6 Å². The van der Waals surface area contributed by atoms with Gasteiger partial charge < -0.3 is 15.2 Å². The van der Waals surface area contributed by atoms with Gasteiger partial charge in [-0.2, -0.15) is 0 Å². The van der Waals surface area contributed by atoms with Gasteiger partial charge >= 0.3 is 0 Å². The smallest absolute Gasteiger partial charge is 0.230 e.